The van der Waals surface area contributed by atoms with E-state index in [4.69, 9.17) is 18.9 Å². The molecule has 0 unspecified atom stereocenters. The van der Waals surface area contributed by atoms with Crippen LogP contribution in [0.5, 0.6) is 11.5 Å². The third kappa shape index (κ3) is 6.33. The Balaban J connectivity index is 2.07. The fourth-order valence-corrected chi connectivity index (χ4v) is 5.04. The van der Waals surface area contributed by atoms with Gasteiger partial charge in [-0.25, -0.2) is 8.42 Å². The van der Waals surface area contributed by atoms with Crippen LogP contribution in [0.1, 0.15) is 19.8 Å². The Labute approximate surface area is 189 Å². The molecule has 1 aliphatic rings. The van der Waals surface area contributed by atoms with Gasteiger partial charge in [-0.1, -0.05) is 0 Å². The van der Waals surface area contributed by atoms with Crippen molar-refractivity contribution in [3.05, 3.63) is 18.2 Å². The lowest BCUT2D eigenvalue weighted by Gasteiger charge is -2.33. The van der Waals surface area contributed by atoms with Crippen molar-refractivity contribution in [3.8, 4) is 11.5 Å². The first-order valence-electron chi connectivity index (χ1n) is 10.4. The minimum absolute atomic E-state index is 0.101. The Bertz CT molecular complexity index is 882. The van der Waals surface area contributed by atoms with Crippen LogP contribution in [0.15, 0.2) is 23.1 Å². The lowest BCUT2D eigenvalue weighted by atomic mass is 9.96. The van der Waals surface area contributed by atoms with E-state index >= 15 is 0 Å². The summed E-state index contributed by atoms with van der Waals surface area (Å²) >= 11 is 0. The van der Waals surface area contributed by atoms with Crippen molar-refractivity contribution in [1.82, 2.24) is 9.21 Å². The number of piperidine rings is 1. The number of benzene rings is 1. The third-order valence-electron chi connectivity index (χ3n) is 5.30. The summed E-state index contributed by atoms with van der Waals surface area (Å²) in [5.74, 6) is -0.290. The van der Waals surface area contributed by atoms with Gasteiger partial charge in [-0.15, -0.1) is 0 Å². The van der Waals surface area contributed by atoms with E-state index < -0.39 is 16.0 Å². The summed E-state index contributed by atoms with van der Waals surface area (Å²) in [6.45, 7) is 2.73. The highest BCUT2D eigenvalue weighted by molar-refractivity contribution is 7.89. The summed E-state index contributed by atoms with van der Waals surface area (Å²) in [5.41, 5.74) is 0. The normalized spacial score (nSPS) is 15.2. The fraction of sp³-hybridized carbons (Fsp3) is 0.619. The zero-order valence-corrected chi connectivity index (χ0v) is 19.9. The van der Waals surface area contributed by atoms with Gasteiger partial charge in [0.2, 0.25) is 15.9 Å². The highest BCUT2D eigenvalue weighted by atomic mass is 32.2. The van der Waals surface area contributed by atoms with Gasteiger partial charge in [0.1, 0.15) is 6.54 Å². The van der Waals surface area contributed by atoms with Crippen molar-refractivity contribution in [1.29, 1.82) is 0 Å². The van der Waals surface area contributed by atoms with Crippen molar-refractivity contribution < 1.29 is 37.0 Å². The van der Waals surface area contributed by atoms with E-state index in [-0.39, 0.29) is 56.1 Å². The van der Waals surface area contributed by atoms with E-state index in [0.717, 1.165) is 0 Å². The van der Waals surface area contributed by atoms with Crippen LogP contribution in [0.25, 0.3) is 0 Å². The number of ether oxygens (including phenoxy) is 4. The van der Waals surface area contributed by atoms with E-state index in [9.17, 15) is 18.0 Å². The first-order valence-corrected chi connectivity index (χ1v) is 11.9. The first-order chi connectivity index (χ1) is 15.3. The van der Waals surface area contributed by atoms with E-state index in [1.54, 1.807) is 13.0 Å². The number of sulfonamides is 1. The lowest BCUT2D eigenvalue weighted by molar-refractivity contribution is -0.151. The van der Waals surface area contributed by atoms with Crippen LogP contribution in [0.4, 0.5) is 0 Å². The number of hydrogen-bond donors (Lipinski definition) is 0. The van der Waals surface area contributed by atoms with E-state index in [1.807, 2.05) is 0 Å². The molecule has 0 saturated carbocycles. The van der Waals surface area contributed by atoms with Gasteiger partial charge in [-0.3, -0.25) is 9.59 Å². The number of esters is 1. The quantitative estimate of drug-likeness (QED) is 0.441. The number of amides is 1. The molecule has 1 fully saturated rings. The molecule has 1 saturated heterocycles. The van der Waals surface area contributed by atoms with Crippen LogP contribution in [0.2, 0.25) is 0 Å². The minimum Gasteiger partial charge on any atom is -0.493 e. The molecule has 0 aliphatic carbocycles. The number of nitrogens with zero attached hydrogens (tertiary/aromatic N) is 2. The van der Waals surface area contributed by atoms with E-state index in [2.05, 4.69) is 0 Å². The number of carbonyl (C=O) groups excluding carboxylic acids is 2. The molecule has 0 spiro atoms. The van der Waals surface area contributed by atoms with Crippen LogP contribution in [-0.2, 0) is 29.1 Å². The molecule has 1 amide bonds. The zero-order chi connectivity index (χ0) is 23.7. The fourth-order valence-electron chi connectivity index (χ4n) is 3.56. The lowest BCUT2D eigenvalue weighted by Crippen LogP contribution is -2.46. The molecule has 0 atom stereocenters. The Kier molecular flexibility index (Phi) is 9.73. The van der Waals surface area contributed by atoms with Gasteiger partial charge in [-0.2, -0.15) is 4.31 Å². The molecule has 0 radical (unpaired) electrons. The van der Waals surface area contributed by atoms with E-state index in [1.165, 1.54) is 42.7 Å². The van der Waals surface area contributed by atoms with Crippen molar-refractivity contribution in [2.24, 2.45) is 5.92 Å². The van der Waals surface area contributed by atoms with Crippen LogP contribution in [-0.4, -0.2) is 90.2 Å². The SMILES string of the molecule is CCOC(=O)CN(CCOC)C(=O)C1CCN(S(=O)(=O)c2ccc(OC)c(OC)c2)CC1. The second kappa shape index (κ2) is 12.0. The number of methoxy groups -OCH3 is 3. The summed E-state index contributed by atoms with van der Waals surface area (Å²) in [5, 5.41) is 0. The van der Waals surface area contributed by atoms with Crippen LogP contribution >= 0.6 is 0 Å². The highest BCUT2D eigenvalue weighted by Crippen LogP contribution is 2.32. The van der Waals surface area contributed by atoms with Gasteiger partial charge in [0.15, 0.2) is 11.5 Å². The largest absolute Gasteiger partial charge is 0.493 e. The highest BCUT2D eigenvalue weighted by Gasteiger charge is 2.34. The summed E-state index contributed by atoms with van der Waals surface area (Å²) in [7, 11) is 0.687. The van der Waals surface area contributed by atoms with Crippen molar-refractivity contribution in [3.63, 3.8) is 0 Å². The molecule has 180 valence electrons. The minimum atomic E-state index is -3.75. The molecule has 1 heterocycles. The molecule has 32 heavy (non-hydrogen) atoms. The average molecular weight is 473 g/mol. The smallest absolute Gasteiger partial charge is 0.325 e. The number of hydrogen-bond acceptors (Lipinski definition) is 8. The molecule has 1 aliphatic heterocycles. The standard InChI is InChI=1S/C21H32N2O8S/c1-5-31-20(24)15-22(12-13-28-2)21(25)16-8-10-23(11-9-16)32(26,27)17-6-7-18(29-3)19(14-17)30-4/h6-7,14,16H,5,8-13,15H2,1-4H3. The van der Waals surface area contributed by atoms with Gasteiger partial charge in [-0.05, 0) is 31.9 Å². The Morgan fingerprint density at radius 1 is 1.09 bits per heavy atom. The number of carbonyl (C=O) groups is 2. The molecule has 10 nitrogen and oxygen atoms in total. The molecular formula is C21H32N2O8S. The molecule has 0 aromatic heterocycles. The zero-order valence-electron chi connectivity index (χ0n) is 19.0. The van der Waals surface area contributed by atoms with Gasteiger partial charge >= 0.3 is 5.97 Å². The topological polar surface area (TPSA) is 112 Å². The molecular weight excluding hydrogens is 440 g/mol. The second-order valence-corrected chi connectivity index (χ2v) is 9.19. The van der Waals surface area contributed by atoms with Gasteiger partial charge in [0.25, 0.3) is 0 Å². The van der Waals surface area contributed by atoms with Gasteiger partial charge < -0.3 is 23.8 Å². The number of rotatable bonds is 11. The average Bonchev–Trinajstić information content (AvgIpc) is 2.80. The molecule has 1 aromatic rings. The van der Waals surface area contributed by atoms with Crippen molar-refractivity contribution in [2.45, 2.75) is 24.7 Å². The second-order valence-electron chi connectivity index (χ2n) is 7.25. The molecule has 11 heteroatoms. The first kappa shape index (κ1) is 25.9. The molecule has 1 aromatic carbocycles. The van der Waals surface area contributed by atoms with Crippen molar-refractivity contribution in [2.75, 3.05) is 60.7 Å². The summed E-state index contributed by atoms with van der Waals surface area (Å²) in [4.78, 5) is 26.4. The Hall–Kier alpha value is -2.37. The van der Waals surface area contributed by atoms with Gasteiger partial charge in [0, 0.05) is 38.7 Å². The third-order valence-corrected chi connectivity index (χ3v) is 7.19. The maximum absolute atomic E-state index is 13.1. The molecule has 0 bridgehead atoms. The van der Waals surface area contributed by atoms with Crippen LogP contribution in [0.3, 0.4) is 0 Å². The van der Waals surface area contributed by atoms with E-state index in [0.29, 0.717) is 24.3 Å². The summed E-state index contributed by atoms with van der Waals surface area (Å²) in [6, 6.07) is 4.45. The molecule has 2 rings (SSSR count). The Morgan fingerprint density at radius 3 is 2.31 bits per heavy atom. The van der Waals surface area contributed by atoms with Crippen LogP contribution in [0, 0.1) is 5.92 Å². The van der Waals surface area contributed by atoms with Crippen molar-refractivity contribution >= 4 is 21.9 Å². The monoisotopic (exact) mass is 472 g/mol. The maximum atomic E-state index is 13.1. The summed E-state index contributed by atoms with van der Waals surface area (Å²) in [6.07, 6.45) is 0.718. The van der Waals surface area contributed by atoms with Crippen LogP contribution < -0.4 is 9.47 Å². The predicted octanol–water partition coefficient (Wildman–Crippen LogP) is 1.14. The molecule has 0 N–H and O–H groups in total. The summed E-state index contributed by atoms with van der Waals surface area (Å²) < 4.78 is 47.9. The Morgan fingerprint density at radius 2 is 1.75 bits per heavy atom. The van der Waals surface area contributed by atoms with Gasteiger partial charge in [0.05, 0.1) is 32.3 Å². The maximum Gasteiger partial charge on any atom is 0.325 e. The predicted molar refractivity (Wildman–Crippen MR) is 116 cm³/mol.